The molecule has 1 N–H and O–H groups in total. The molecule has 3 rings (SSSR count). The van der Waals surface area contributed by atoms with Gasteiger partial charge in [0.05, 0.1) is 16.8 Å². The molecule has 2 aromatic carbocycles. The van der Waals surface area contributed by atoms with Gasteiger partial charge < -0.3 is 5.11 Å². The molecule has 0 radical (unpaired) electrons. The number of halogens is 1. The number of carboxylic acids is 1. The van der Waals surface area contributed by atoms with Crippen molar-refractivity contribution in [1.29, 1.82) is 0 Å². The number of nitrogens with zero attached hydrogens (tertiary/aromatic N) is 1. The van der Waals surface area contributed by atoms with Crippen LogP contribution >= 0.6 is 11.6 Å². The standard InChI is InChI=1S/C16H10ClNO2/c17-13-7-2-1-5-11(13)14-9-8-10-4-3-6-12(16(19)20)15(10)18-14/h1-9H,(H,19,20). The molecule has 0 unspecified atom stereocenters. The van der Waals surface area contributed by atoms with Gasteiger partial charge in [0.1, 0.15) is 0 Å². The Balaban J connectivity index is 2.27. The highest BCUT2D eigenvalue weighted by Crippen LogP contribution is 2.28. The van der Waals surface area contributed by atoms with Gasteiger partial charge >= 0.3 is 5.97 Å². The van der Waals surface area contributed by atoms with Crippen molar-refractivity contribution in [1.82, 2.24) is 4.98 Å². The van der Waals surface area contributed by atoms with E-state index in [-0.39, 0.29) is 5.56 Å². The molecular formula is C16H10ClNO2. The molecule has 0 aliphatic carbocycles. The fourth-order valence-corrected chi connectivity index (χ4v) is 2.37. The zero-order valence-electron chi connectivity index (χ0n) is 10.4. The van der Waals surface area contributed by atoms with Gasteiger partial charge in [0.25, 0.3) is 0 Å². The third kappa shape index (κ3) is 2.12. The van der Waals surface area contributed by atoms with Crippen molar-refractivity contribution in [2.75, 3.05) is 0 Å². The Kier molecular flexibility index (Phi) is 3.12. The highest BCUT2D eigenvalue weighted by atomic mass is 35.5. The van der Waals surface area contributed by atoms with Crippen LogP contribution in [0, 0.1) is 0 Å². The van der Waals surface area contributed by atoms with E-state index in [1.807, 2.05) is 36.4 Å². The molecule has 0 bridgehead atoms. The van der Waals surface area contributed by atoms with Crippen LogP contribution in [0.4, 0.5) is 0 Å². The second kappa shape index (κ2) is 4.94. The predicted molar refractivity (Wildman–Crippen MR) is 79.1 cm³/mol. The number of hydrogen-bond donors (Lipinski definition) is 1. The van der Waals surface area contributed by atoms with Crippen molar-refractivity contribution < 1.29 is 9.90 Å². The quantitative estimate of drug-likeness (QED) is 0.765. The first-order valence-corrected chi connectivity index (χ1v) is 6.42. The van der Waals surface area contributed by atoms with Crippen molar-refractivity contribution in [2.45, 2.75) is 0 Å². The topological polar surface area (TPSA) is 50.2 Å². The Morgan fingerprint density at radius 3 is 2.55 bits per heavy atom. The molecule has 0 saturated carbocycles. The van der Waals surface area contributed by atoms with E-state index in [1.54, 1.807) is 18.2 Å². The number of hydrogen-bond acceptors (Lipinski definition) is 2. The minimum atomic E-state index is -0.987. The number of para-hydroxylation sites is 1. The molecule has 0 spiro atoms. The third-order valence-electron chi connectivity index (χ3n) is 3.10. The zero-order valence-corrected chi connectivity index (χ0v) is 11.1. The molecule has 3 aromatic rings. The normalized spacial score (nSPS) is 10.7. The number of rotatable bonds is 2. The van der Waals surface area contributed by atoms with Crippen molar-refractivity contribution in [2.24, 2.45) is 0 Å². The third-order valence-corrected chi connectivity index (χ3v) is 3.43. The van der Waals surface area contributed by atoms with E-state index in [4.69, 9.17) is 11.6 Å². The summed E-state index contributed by atoms with van der Waals surface area (Å²) in [6, 6.07) is 16.2. The second-order valence-electron chi connectivity index (χ2n) is 4.36. The Bertz CT molecular complexity index is 814. The SMILES string of the molecule is O=C(O)c1cccc2ccc(-c3ccccc3Cl)nc12. The summed E-state index contributed by atoms with van der Waals surface area (Å²) in [5, 5.41) is 10.6. The number of aromatic carboxylic acids is 1. The van der Waals surface area contributed by atoms with Crippen LogP contribution in [-0.2, 0) is 0 Å². The lowest BCUT2D eigenvalue weighted by Gasteiger charge is -2.07. The van der Waals surface area contributed by atoms with Gasteiger partial charge in [-0.1, -0.05) is 48.0 Å². The van der Waals surface area contributed by atoms with Gasteiger partial charge in [-0.3, -0.25) is 0 Å². The lowest BCUT2D eigenvalue weighted by Crippen LogP contribution is -1.99. The maximum absolute atomic E-state index is 11.3. The monoisotopic (exact) mass is 283 g/mol. The lowest BCUT2D eigenvalue weighted by atomic mass is 10.1. The van der Waals surface area contributed by atoms with E-state index in [0.717, 1.165) is 10.9 Å². The zero-order chi connectivity index (χ0) is 14.1. The molecule has 1 aromatic heterocycles. The summed E-state index contributed by atoms with van der Waals surface area (Å²) in [5.74, 6) is -0.987. The molecule has 0 aliphatic heterocycles. The van der Waals surface area contributed by atoms with Crippen molar-refractivity contribution in [3.63, 3.8) is 0 Å². The molecule has 0 fully saturated rings. The maximum Gasteiger partial charge on any atom is 0.337 e. The number of benzene rings is 2. The first kappa shape index (κ1) is 12.6. The number of carboxylic acid groups (broad SMARTS) is 1. The van der Waals surface area contributed by atoms with Gasteiger partial charge in [-0.15, -0.1) is 0 Å². The molecule has 4 heteroatoms. The van der Waals surface area contributed by atoms with Crippen LogP contribution in [0.25, 0.3) is 22.2 Å². The van der Waals surface area contributed by atoms with Crippen LogP contribution in [0.3, 0.4) is 0 Å². The van der Waals surface area contributed by atoms with Crippen LogP contribution in [0.15, 0.2) is 54.6 Å². The maximum atomic E-state index is 11.3. The van der Waals surface area contributed by atoms with Crippen LogP contribution < -0.4 is 0 Å². The van der Waals surface area contributed by atoms with Gasteiger partial charge in [0.2, 0.25) is 0 Å². The van der Waals surface area contributed by atoms with Crippen LogP contribution in [-0.4, -0.2) is 16.1 Å². The van der Waals surface area contributed by atoms with E-state index < -0.39 is 5.97 Å². The Morgan fingerprint density at radius 1 is 1.00 bits per heavy atom. The fourth-order valence-electron chi connectivity index (χ4n) is 2.14. The molecule has 20 heavy (non-hydrogen) atoms. The highest BCUT2D eigenvalue weighted by Gasteiger charge is 2.11. The summed E-state index contributed by atoms with van der Waals surface area (Å²) < 4.78 is 0. The largest absolute Gasteiger partial charge is 0.478 e. The summed E-state index contributed by atoms with van der Waals surface area (Å²) in [6.07, 6.45) is 0. The van der Waals surface area contributed by atoms with E-state index in [9.17, 15) is 9.90 Å². The van der Waals surface area contributed by atoms with E-state index in [1.165, 1.54) is 0 Å². The van der Waals surface area contributed by atoms with Gasteiger partial charge in [0, 0.05) is 16.0 Å². The molecule has 3 nitrogen and oxygen atoms in total. The molecule has 1 heterocycles. The van der Waals surface area contributed by atoms with Crippen LogP contribution in [0.5, 0.6) is 0 Å². The van der Waals surface area contributed by atoms with Crippen LogP contribution in [0.1, 0.15) is 10.4 Å². The number of pyridine rings is 1. The van der Waals surface area contributed by atoms with Gasteiger partial charge in [-0.25, -0.2) is 9.78 Å². The molecule has 0 aliphatic rings. The molecular weight excluding hydrogens is 274 g/mol. The summed E-state index contributed by atoms with van der Waals surface area (Å²) in [7, 11) is 0. The van der Waals surface area contributed by atoms with Crippen molar-refractivity contribution in [3.05, 3.63) is 65.2 Å². The van der Waals surface area contributed by atoms with Crippen LogP contribution in [0.2, 0.25) is 5.02 Å². The molecule has 0 amide bonds. The fraction of sp³-hybridized carbons (Fsp3) is 0. The molecule has 98 valence electrons. The number of fused-ring (bicyclic) bond motifs is 1. The Hall–Kier alpha value is -2.39. The van der Waals surface area contributed by atoms with Gasteiger partial charge in [-0.05, 0) is 18.2 Å². The average molecular weight is 284 g/mol. The van der Waals surface area contributed by atoms with E-state index in [2.05, 4.69) is 4.98 Å². The summed E-state index contributed by atoms with van der Waals surface area (Å²) in [5.41, 5.74) is 2.11. The Labute approximate surface area is 120 Å². The van der Waals surface area contributed by atoms with E-state index in [0.29, 0.717) is 16.2 Å². The van der Waals surface area contributed by atoms with E-state index >= 15 is 0 Å². The number of carbonyl (C=O) groups is 1. The minimum absolute atomic E-state index is 0.191. The molecule has 0 atom stereocenters. The predicted octanol–water partition coefficient (Wildman–Crippen LogP) is 4.25. The summed E-state index contributed by atoms with van der Waals surface area (Å²) in [6.45, 7) is 0. The lowest BCUT2D eigenvalue weighted by molar-refractivity contribution is 0.0699. The molecule has 0 saturated heterocycles. The highest BCUT2D eigenvalue weighted by molar-refractivity contribution is 6.33. The van der Waals surface area contributed by atoms with Gasteiger partial charge in [-0.2, -0.15) is 0 Å². The first-order valence-electron chi connectivity index (χ1n) is 6.05. The van der Waals surface area contributed by atoms with Crippen molar-refractivity contribution >= 4 is 28.5 Å². The average Bonchev–Trinajstić information content (AvgIpc) is 2.46. The van der Waals surface area contributed by atoms with Crippen molar-refractivity contribution in [3.8, 4) is 11.3 Å². The summed E-state index contributed by atoms with van der Waals surface area (Å²) in [4.78, 5) is 15.7. The Morgan fingerprint density at radius 2 is 1.80 bits per heavy atom. The smallest absolute Gasteiger partial charge is 0.337 e. The minimum Gasteiger partial charge on any atom is -0.478 e. The second-order valence-corrected chi connectivity index (χ2v) is 4.77. The summed E-state index contributed by atoms with van der Waals surface area (Å²) >= 11 is 6.16. The first-order chi connectivity index (χ1) is 9.66. The number of aromatic nitrogens is 1. The van der Waals surface area contributed by atoms with Gasteiger partial charge in [0.15, 0.2) is 0 Å².